The molecule has 2 aromatic rings. The maximum absolute atomic E-state index is 12.5. The van der Waals surface area contributed by atoms with Crippen LogP contribution in [-0.2, 0) is 19.6 Å². The Morgan fingerprint density at radius 2 is 1.52 bits per heavy atom. The van der Waals surface area contributed by atoms with Crippen LogP contribution in [0.3, 0.4) is 0 Å². The second-order valence-electron chi connectivity index (χ2n) is 6.19. The van der Waals surface area contributed by atoms with Crippen molar-refractivity contribution < 1.29 is 18.0 Å². The number of carbonyl (C=O) groups is 2. The van der Waals surface area contributed by atoms with Crippen LogP contribution in [0.15, 0.2) is 59.5 Å². The second kappa shape index (κ2) is 8.79. The highest BCUT2D eigenvalue weighted by atomic mass is 32.2. The van der Waals surface area contributed by atoms with Gasteiger partial charge in [0.05, 0.1) is 17.0 Å². The first-order chi connectivity index (χ1) is 12.7. The first kappa shape index (κ1) is 20.6. The van der Waals surface area contributed by atoms with Gasteiger partial charge < -0.3 is 10.6 Å². The number of rotatable bonds is 7. The molecule has 0 aliphatic heterocycles. The molecule has 2 aromatic carbocycles. The van der Waals surface area contributed by atoms with Gasteiger partial charge in [0.1, 0.15) is 0 Å². The SMILES string of the molecule is CC(=O)Nc1ccc(S(=O)(=O)N[C@H](C)C(=O)N[C@H](C)c2ccccc2)cc1. The molecule has 144 valence electrons. The monoisotopic (exact) mass is 389 g/mol. The smallest absolute Gasteiger partial charge is 0.241 e. The van der Waals surface area contributed by atoms with Crippen molar-refractivity contribution in [2.45, 2.75) is 37.8 Å². The molecule has 0 spiro atoms. The molecule has 7 nitrogen and oxygen atoms in total. The molecule has 0 radical (unpaired) electrons. The van der Waals surface area contributed by atoms with Crippen molar-refractivity contribution in [2.24, 2.45) is 0 Å². The highest BCUT2D eigenvalue weighted by Crippen LogP contribution is 2.15. The summed E-state index contributed by atoms with van der Waals surface area (Å²) < 4.78 is 27.3. The van der Waals surface area contributed by atoms with Crippen LogP contribution in [0.25, 0.3) is 0 Å². The van der Waals surface area contributed by atoms with Crippen molar-refractivity contribution >= 4 is 27.5 Å². The van der Waals surface area contributed by atoms with E-state index in [1.807, 2.05) is 37.3 Å². The Morgan fingerprint density at radius 1 is 0.926 bits per heavy atom. The predicted molar refractivity (Wildman–Crippen MR) is 104 cm³/mol. The quantitative estimate of drug-likeness (QED) is 0.675. The van der Waals surface area contributed by atoms with Gasteiger partial charge in [0, 0.05) is 12.6 Å². The minimum atomic E-state index is -3.87. The predicted octanol–water partition coefficient (Wildman–Crippen LogP) is 2.19. The average Bonchev–Trinajstić information content (AvgIpc) is 2.62. The normalized spacial score (nSPS) is 13.4. The molecule has 0 heterocycles. The van der Waals surface area contributed by atoms with E-state index in [2.05, 4.69) is 15.4 Å². The summed E-state index contributed by atoms with van der Waals surface area (Å²) in [6.07, 6.45) is 0. The van der Waals surface area contributed by atoms with E-state index >= 15 is 0 Å². The Balaban J connectivity index is 2.01. The van der Waals surface area contributed by atoms with Crippen LogP contribution < -0.4 is 15.4 Å². The van der Waals surface area contributed by atoms with Gasteiger partial charge in [-0.3, -0.25) is 9.59 Å². The third kappa shape index (κ3) is 5.90. The summed E-state index contributed by atoms with van der Waals surface area (Å²) in [5.74, 6) is -0.675. The highest BCUT2D eigenvalue weighted by molar-refractivity contribution is 7.89. The van der Waals surface area contributed by atoms with Gasteiger partial charge in [-0.1, -0.05) is 30.3 Å². The zero-order chi connectivity index (χ0) is 20.0. The van der Waals surface area contributed by atoms with Gasteiger partial charge in [-0.2, -0.15) is 4.72 Å². The second-order valence-corrected chi connectivity index (χ2v) is 7.90. The number of hydrogen-bond acceptors (Lipinski definition) is 4. The van der Waals surface area contributed by atoms with Gasteiger partial charge in [-0.05, 0) is 43.7 Å². The third-order valence-electron chi connectivity index (χ3n) is 3.87. The zero-order valence-electron chi connectivity index (χ0n) is 15.4. The van der Waals surface area contributed by atoms with Crippen LogP contribution in [0, 0.1) is 0 Å². The maximum Gasteiger partial charge on any atom is 0.241 e. The number of benzene rings is 2. The van der Waals surface area contributed by atoms with Crippen LogP contribution in [0.4, 0.5) is 5.69 Å². The van der Waals surface area contributed by atoms with Crippen molar-refractivity contribution in [3.05, 3.63) is 60.2 Å². The van der Waals surface area contributed by atoms with Crippen molar-refractivity contribution in [1.29, 1.82) is 0 Å². The van der Waals surface area contributed by atoms with Crippen LogP contribution in [0.5, 0.6) is 0 Å². The standard InChI is InChI=1S/C19H23N3O4S/c1-13(16-7-5-4-6-8-16)20-19(24)14(2)22-27(25,26)18-11-9-17(10-12-18)21-15(3)23/h4-14,22H,1-3H3,(H,20,24)(H,21,23)/t13-,14-/m1/s1. The fourth-order valence-electron chi connectivity index (χ4n) is 2.44. The summed E-state index contributed by atoms with van der Waals surface area (Å²) in [5, 5.41) is 5.35. The van der Waals surface area contributed by atoms with E-state index in [1.165, 1.54) is 38.1 Å². The first-order valence-corrected chi connectivity index (χ1v) is 9.92. The Labute approximate surface area is 159 Å². The van der Waals surface area contributed by atoms with E-state index in [4.69, 9.17) is 0 Å². The lowest BCUT2D eigenvalue weighted by Gasteiger charge is -2.19. The molecule has 0 aromatic heterocycles. The number of hydrogen-bond donors (Lipinski definition) is 3. The fourth-order valence-corrected chi connectivity index (χ4v) is 3.64. The number of anilines is 1. The highest BCUT2D eigenvalue weighted by Gasteiger charge is 2.23. The summed E-state index contributed by atoms with van der Waals surface area (Å²) in [4.78, 5) is 23.4. The van der Waals surface area contributed by atoms with Crippen molar-refractivity contribution in [2.75, 3.05) is 5.32 Å². The summed E-state index contributed by atoms with van der Waals surface area (Å²) in [6, 6.07) is 13.9. The summed E-state index contributed by atoms with van der Waals surface area (Å²) >= 11 is 0. The van der Waals surface area contributed by atoms with E-state index in [1.54, 1.807) is 0 Å². The molecule has 0 fully saturated rings. The lowest BCUT2D eigenvalue weighted by molar-refractivity contribution is -0.123. The van der Waals surface area contributed by atoms with Gasteiger partial charge >= 0.3 is 0 Å². The van der Waals surface area contributed by atoms with E-state index < -0.39 is 22.0 Å². The molecule has 2 atom stereocenters. The average molecular weight is 389 g/mol. The molecule has 8 heteroatoms. The molecule has 0 saturated carbocycles. The van der Waals surface area contributed by atoms with Crippen LogP contribution in [0.1, 0.15) is 32.4 Å². The summed E-state index contributed by atoms with van der Waals surface area (Å²) in [6.45, 7) is 4.68. The molecule has 0 aliphatic carbocycles. The molecule has 0 saturated heterocycles. The van der Waals surface area contributed by atoms with Crippen molar-refractivity contribution in [3.8, 4) is 0 Å². The first-order valence-electron chi connectivity index (χ1n) is 8.44. The maximum atomic E-state index is 12.5. The van der Waals surface area contributed by atoms with E-state index in [-0.39, 0.29) is 16.8 Å². The van der Waals surface area contributed by atoms with Gasteiger partial charge in [0.2, 0.25) is 21.8 Å². The minimum absolute atomic E-state index is 0.00681. The zero-order valence-corrected chi connectivity index (χ0v) is 16.2. The topological polar surface area (TPSA) is 104 Å². The van der Waals surface area contributed by atoms with Crippen molar-refractivity contribution in [1.82, 2.24) is 10.0 Å². The van der Waals surface area contributed by atoms with Gasteiger partial charge in [-0.15, -0.1) is 0 Å². The van der Waals surface area contributed by atoms with Gasteiger partial charge in [0.15, 0.2) is 0 Å². The lowest BCUT2D eigenvalue weighted by Crippen LogP contribution is -2.45. The number of amides is 2. The molecule has 0 aliphatic rings. The fraction of sp³-hybridized carbons (Fsp3) is 0.263. The Bertz CT molecular complexity index is 896. The third-order valence-corrected chi connectivity index (χ3v) is 5.43. The number of carbonyl (C=O) groups excluding carboxylic acids is 2. The number of sulfonamides is 1. The van der Waals surface area contributed by atoms with E-state index in [0.29, 0.717) is 5.69 Å². The van der Waals surface area contributed by atoms with Crippen LogP contribution in [0.2, 0.25) is 0 Å². The molecular weight excluding hydrogens is 366 g/mol. The van der Waals surface area contributed by atoms with Crippen LogP contribution in [-0.4, -0.2) is 26.3 Å². The minimum Gasteiger partial charge on any atom is -0.348 e. The largest absolute Gasteiger partial charge is 0.348 e. The lowest BCUT2D eigenvalue weighted by atomic mass is 10.1. The van der Waals surface area contributed by atoms with Crippen molar-refractivity contribution in [3.63, 3.8) is 0 Å². The molecule has 2 rings (SSSR count). The molecule has 2 amide bonds. The number of nitrogens with one attached hydrogen (secondary N) is 3. The van der Waals surface area contributed by atoms with Gasteiger partial charge in [-0.25, -0.2) is 8.42 Å². The molecule has 3 N–H and O–H groups in total. The Kier molecular flexibility index (Phi) is 6.70. The molecular formula is C19H23N3O4S. The molecule has 0 bridgehead atoms. The van der Waals surface area contributed by atoms with Gasteiger partial charge in [0.25, 0.3) is 0 Å². The Morgan fingerprint density at radius 3 is 2.07 bits per heavy atom. The van der Waals surface area contributed by atoms with E-state index in [0.717, 1.165) is 5.56 Å². The summed E-state index contributed by atoms with van der Waals surface area (Å²) in [7, 11) is -3.87. The molecule has 27 heavy (non-hydrogen) atoms. The summed E-state index contributed by atoms with van der Waals surface area (Å²) in [5.41, 5.74) is 1.42. The van der Waals surface area contributed by atoms with E-state index in [9.17, 15) is 18.0 Å². The molecule has 0 unspecified atom stereocenters. The Hall–Kier alpha value is -2.71. The van der Waals surface area contributed by atoms with Crippen LogP contribution >= 0.6 is 0 Å².